The number of esters is 1. The van der Waals surface area contributed by atoms with E-state index in [4.69, 9.17) is 27.9 Å². The Morgan fingerprint density at radius 3 is 2.46 bits per heavy atom. The normalized spacial score (nSPS) is 11.7. The maximum Gasteiger partial charge on any atom is 0.344 e. The van der Waals surface area contributed by atoms with Crippen molar-refractivity contribution in [1.29, 1.82) is 0 Å². The van der Waals surface area contributed by atoms with Crippen LogP contribution in [0, 0.1) is 0 Å². The second-order valence-corrected chi connectivity index (χ2v) is 7.53. The van der Waals surface area contributed by atoms with Gasteiger partial charge in [-0.15, -0.1) is 0 Å². The highest BCUT2D eigenvalue weighted by molar-refractivity contribution is 9.10. The van der Waals surface area contributed by atoms with E-state index in [1.54, 1.807) is 18.2 Å². The van der Waals surface area contributed by atoms with E-state index in [2.05, 4.69) is 20.9 Å². The standard InChI is InChI=1S/C21H14BrCl2NO3/c22-14-6-9-18(25-11-14)19(20(26)16-8-7-15(23)10-17(16)24)21(27)28-12-13-4-2-1-3-5-13/h1-11,26H,12H2/b20-19-. The van der Waals surface area contributed by atoms with Crippen molar-refractivity contribution < 1.29 is 14.6 Å². The quantitative estimate of drug-likeness (QED) is 0.265. The molecule has 1 aromatic heterocycles. The van der Waals surface area contributed by atoms with Crippen LogP contribution in [0.4, 0.5) is 0 Å². The van der Waals surface area contributed by atoms with Crippen LogP contribution < -0.4 is 0 Å². The Kier molecular flexibility index (Phi) is 6.73. The molecule has 142 valence electrons. The van der Waals surface area contributed by atoms with E-state index < -0.39 is 5.97 Å². The third-order valence-electron chi connectivity index (χ3n) is 3.82. The van der Waals surface area contributed by atoms with Crippen LogP contribution in [0.3, 0.4) is 0 Å². The minimum atomic E-state index is -0.720. The van der Waals surface area contributed by atoms with Crippen molar-refractivity contribution in [1.82, 2.24) is 4.98 Å². The number of hydrogen-bond acceptors (Lipinski definition) is 4. The lowest BCUT2D eigenvalue weighted by molar-refractivity contribution is -0.137. The zero-order chi connectivity index (χ0) is 20.1. The predicted octanol–water partition coefficient (Wildman–Crippen LogP) is 6.32. The lowest BCUT2D eigenvalue weighted by Crippen LogP contribution is -2.11. The molecular weight excluding hydrogens is 465 g/mol. The maximum absolute atomic E-state index is 12.8. The summed E-state index contributed by atoms with van der Waals surface area (Å²) in [6.45, 7) is 0.0569. The molecule has 28 heavy (non-hydrogen) atoms. The lowest BCUT2D eigenvalue weighted by atomic mass is 10.0. The molecule has 0 amide bonds. The Labute approximate surface area is 180 Å². The van der Waals surface area contributed by atoms with Gasteiger partial charge in [-0.3, -0.25) is 4.98 Å². The summed E-state index contributed by atoms with van der Waals surface area (Å²) in [7, 11) is 0. The molecule has 0 saturated carbocycles. The highest BCUT2D eigenvalue weighted by Gasteiger charge is 2.23. The molecule has 0 aliphatic carbocycles. The van der Waals surface area contributed by atoms with E-state index in [1.807, 2.05) is 30.3 Å². The van der Waals surface area contributed by atoms with Crippen LogP contribution >= 0.6 is 39.1 Å². The fourth-order valence-corrected chi connectivity index (χ4v) is 3.19. The molecule has 0 saturated heterocycles. The van der Waals surface area contributed by atoms with Crippen molar-refractivity contribution in [3.05, 3.63) is 98.2 Å². The molecule has 7 heteroatoms. The number of aromatic nitrogens is 1. The largest absolute Gasteiger partial charge is 0.506 e. The van der Waals surface area contributed by atoms with E-state index in [1.165, 1.54) is 18.3 Å². The molecule has 0 spiro atoms. The predicted molar refractivity (Wildman–Crippen MR) is 114 cm³/mol. The zero-order valence-electron chi connectivity index (χ0n) is 14.4. The van der Waals surface area contributed by atoms with E-state index >= 15 is 0 Å². The number of carbonyl (C=O) groups excluding carboxylic acids is 1. The van der Waals surface area contributed by atoms with Crippen molar-refractivity contribution in [3.63, 3.8) is 0 Å². The first kappa shape index (κ1) is 20.4. The first-order chi connectivity index (χ1) is 13.5. The molecule has 2 aromatic carbocycles. The molecule has 4 nitrogen and oxygen atoms in total. The third-order valence-corrected chi connectivity index (χ3v) is 4.84. The molecule has 0 unspecified atom stereocenters. The first-order valence-corrected chi connectivity index (χ1v) is 9.72. The minimum absolute atomic E-state index is 0.0569. The topological polar surface area (TPSA) is 59.4 Å². The van der Waals surface area contributed by atoms with Crippen LogP contribution in [0.1, 0.15) is 16.8 Å². The van der Waals surface area contributed by atoms with E-state index in [0.717, 1.165) is 10.0 Å². The number of rotatable bonds is 5. The van der Waals surface area contributed by atoms with Gasteiger partial charge in [-0.05, 0) is 51.8 Å². The van der Waals surface area contributed by atoms with Crippen molar-refractivity contribution in [3.8, 4) is 0 Å². The molecule has 1 N–H and O–H groups in total. The summed E-state index contributed by atoms with van der Waals surface area (Å²) in [6.07, 6.45) is 1.52. The molecule has 0 fully saturated rings. The van der Waals surface area contributed by atoms with Gasteiger partial charge in [0.15, 0.2) is 0 Å². The van der Waals surface area contributed by atoms with Crippen molar-refractivity contribution in [2.45, 2.75) is 6.61 Å². The highest BCUT2D eigenvalue weighted by Crippen LogP contribution is 2.31. The molecule has 0 atom stereocenters. The SMILES string of the molecule is O=C(OCc1ccccc1)/C(=C(\O)c1ccc(Cl)cc1Cl)c1ccc(Br)cn1. The van der Waals surface area contributed by atoms with Crippen LogP contribution in [-0.2, 0) is 16.1 Å². The van der Waals surface area contributed by atoms with Crippen LogP contribution in [0.15, 0.2) is 71.3 Å². The van der Waals surface area contributed by atoms with Gasteiger partial charge in [0.25, 0.3) is 0 Å². The van der Waals surface area contributed by atoms with Crippen LogP contribution in [0.5, 0.6) is 0 Å². The van der Waals surface area contributed by atoms with Gasteiger partial charge >= 0.3 is 5.97 Å². The highest BCUT2D eigenvalue weighted by atomic mass is 79.9. The lowest BCUT2D eigenvalue weighted by Gasteiger charge is -2.12. The molecule has 3 rings (SSSR count). The number of aliphatic hydroxyl groups is 1. The summed E-state index contributed by atoms with van der Waals surface area (Å²) in [6, 6.07) is 17.1. The summed E-state index contributed by atoms with van der Waals surface area (Å²) in [5.41, 5.74) is 1.24. The summed E-state index contributed by atoms with van der Waals surface area (Å²) < 4.78 is 6.14. The number of carbonyl (C=O) groups is 1. The second kappa shape index (κ2) is 9.24. The number of halogens is 3. The van der Waals surface area contributed by atoms with Gasteiger partial charge in [-0.25, -0.2) is 4.79 Å². The summed E-state index contributed by atoms with van der Waals surface area (Å²) in [4.78, 5) is 17.0. The molecule has 0 bridgehead atoms. The Morgan fingerprint density at radius 1 is 1.07 bits per heavy atom. The van der Waals surface area contributed by atoms with Crippen LogP contribution in [-0.4, -0.2) is 16.1 Å². The molecule has 0 radical (unpaired) electrons. The van der Waals surface area contributed by atoms with E-state index in [0.29, 0.717) is 5.02 Å². The van der Waals surface area contributed by atoms with Crippen molar-refractivity contribution in [2.24, 2.45) is 0 Å². The van der Waals surface area contributed by atoms with Crippen LogP contribution in [0.2, 0.25) is 10.0 Å². The van der Waals surface area contributed by atoms with Gasteiger partial charge < -0.3 is 9.84 Å². The Hall–Kier alpha value is -2.34. The first-order valence-electron chi connectivity index (χ1n) is 8.17. The Morgan fingerprint density at radius 2 is 1.82 bits per heavy atom. The minimum Gasteiger partial charge on any atom is -0.506 e. The van der Waals surface area contributed by atoms with Gasteiger partial charge in [0.1, 0.15) is 17.9 Å². The number of aliphatic hydroxyl groups excluding tert-OH is 1. The van der Waals surface area contributed by atoms with Crippen molar-refractivity contribution in [2.75, 3.05) is 0 Å². The maximum atomic E-state index is 12.8. The summed E-state index contributed by atoms with van der Waals surface area (Å²) in [5.74, 6) is -1.06. The summed E-state index contributed by atoms with van der Waals surface area (Å²) in [5, 5.41) is 11.5. The number of nitrogens with zero attached hydrogens (tertiary/aromatic N) is 1. The fourth-order valence-electron chi connectivity index (χ4n) is 2.46. The number of pyridine rings is 1. The number of hydrogen-bond donors (Lipinski definition) is 1. The second-order valence-electron chi connectivity index (χ2n) is 5.77. The third kappa shape index (κ3) is 4.93. The molecular formula is C21H14BrCl2NO3. The van der Waals surface area contributed by atoms with Gasteiger partial charge in [0, 0.05) is 21.3 Å². The molecule has 0 aliphatic heterocycles. The van der Waals surface area contributed by atoms with Gasteiger partial charge in [0.2, 0.25) is 0 Å². The van der Waals surface area contributed by atoms with E-state index in [-0.39, 0.29) is 34.2 Å². The zero-order valence-corrected chi connectivity index (χ0v) is 17.5. The van der Waals surface area contributed by atoms with Gasteiger partial charge in [-0.2, -0.15) is 0 Å². The monoisotopic (exact) mass is 477 g/mol. The van der Waals surface area contributed by atoms with Gasteiger partial charge in [0.05, 0.1) is 10.7 Å². The number of benzene rings is 2. The van der Waals surface area contributed by atoms with E-state index in [9.17, 15) is 9.90 Å². The Bertz CT molecular complexity index is 1020. The Balaban J connectivity index is 2.01. The average molecular weight is 479 g/mol. The van der Waals surface area contributed by atoms with Crippen molar-refractivity contribution >= 4 is 56.4 Å². The molecule has 3 aromatic rings. The fraction of sp³-hybridized carbons (Fsp3) is 0.0476. The molecule has 1 heterocycles. The average Bonchev–Trinajstić information content (AvgIpc) is 2.69. The summed E-state index contributed by atoms with van der Waals surface area (Å²) >= 11 is 15.4. The van der Waals surface area contributed by atoms with Crippen LogP contribution in [0.25, 0.3) is 11.3 Å². The van der Waals surface area contributed by atoms with Gasteiger partial charge in [-0.1, -0.05) is 53.5 Å². The number of ether oxygens (including phenoxy) is 1. The smallest absolute Gasteiger partial charge is 0.344 e. The molecule has 0 aliphatic rings.